The quantitative estimate of drug-likeness (QED) is 0.584. The van der Waals surface area contributed by atoms with E-state index in [1.54, 1.807) is 6.08 Å². The lowest BCUT2D eigenvalue weighted by atomic mass is 9.85. The second kappa shape index (κ2) is 7.89. The van der Waals surface area contributed by atoms with Crippen LogP contribution in [0.1, 0.15) is 33.1 Å². The summed E-state index contributed by atoms with van der Waals surface area (Å²) < 4.78 is 0. The fourth-order valence-corrected chi connectivity index (χ4v) is 2.44. The highest BCUT2D eigenvalue weighted by molar-refractivity contribution is 5.74. The lowest BCUT2D eigenvalue weighted by Gasteiger charge is -2.42. The minimum atomic E-state index is -0.806. The number of amides is 2. The smallest absolute Gasteiger partial charge is 0.317 e. The maximum absolute atomic E-state index is 11.7. The Morgan fingerprint density at radius 3 is 2.65 bits per heavy atom. The van der Waals surface area contributed by atoms with Crippen molar-refractivity contribution < 1.29 is 14.7 Å². The Morgan fingerprint density at radius 2 is 2.15 bits per heavy atom. The van der Waals surface area contributed by atoms with Gasteiger partial charge in [-0.3, -0.25) is 9.69 Å². The van der Waals surface area contributed by atoms with E-state index < -0.39 is 5.97 Å². The maximum atomic E-state index is 11.7. The Morgan fingerprint density at radius 1 is 1.50 bits per heavy atom. The zero-order valence-electron chi connectivity index (χ0n) is 12.3. The molecule has 20 heavy (non-hydrogen) atoms. The van der Waals surface area contributed by atoms with Crippen molar-refractivity contribution in [1.82, 2.24) is 15.5 Å². The van der Waals surface area contributed by atoms with Crippen molar-refractivity contribution >= 4 is 12.0 Å². The minimum absolute atomic E-state index is 0.0659. The van der Waals surface area contributed by atoms with Gasteiger partial charge >= 0.3 is 12.0 Å². The van der Waals surface area contributed by atoms with E-state index >= 15 is 0 Å². The number of carboxylic acid groups (broad SMARTS) is 1. The molecule has 1 atom stereocenters. The van der Waals surface area contributed by atoms with Crippen LogP contribution < -0.4 is 10.6 Å². The Bertz CT molecular complexity index is 354. The van der Waals surface area contributed by atoms with E-state index in [1.807, 2.05) is 18.7 Å². The summed E-state index contributed by atoms with van der Waals surface area (Å²) in [6.45, 7) is 8.29. The molecule has 1 fully saturated rings. The third-order valence-electron chi connectivity index (χ3n) is 3.61. The van der Waals surface area contributed by atoms with Crippen LogP contribution in [-0.4, -0.2) is 53.2 Å². The predicted octanol–water partition coefficient (Wildman–Crippen LogP) is 1.19. The number of aliphatic carboxylic acids is 1. The number of carbonyl (C=O) groups is 2. The topological polar surface area (TPSA) is 81.7 Å². The van der Waals surface area contributed by atoms with Gasteiger partial charge in [-0.1, -0.05) is 13.0 Å². The van der Waals surface area contributed by atoms with Crippen LogP contribution in [0.3, 0.4) is 0 Å². The number of carbonyl (C=O) groups excluding carboxylic acids is 1. The van der Waals surface area contributed by atoms with Crippen molar-refractivity contribution in [2.24, 2.45) is 0 Å². The van der Waals surface area contributed by atoms with Crippen molar-refractivity contribution in [3.05, 3.63) is 12.7 Å². The lowest BCUT2D eigenvalue weighted by Crippen LogP contribution is -2.56. The first-order valence-corrected chi connectivity index (χ1v) is 7.10. The van der Waals surface area contributed by atoms with Crippen LogP contribution in [0, 0.1) is 0 Å². The van der Waals surface area contributed by atoms with Crippen LogP contribution in [-0.2, 0) is 4.79 Å². The van der Waals surface area contributed by atoms with Gasteiger partial charge < -0.3 is 15.7 Å². The molecule has 0 aromatic heterocycles. The molecule has 1 rings (SSSR count). The fraction of sp³-hybridized carbons (Fsp3) is 0.714. The van der Waals surface area contributed by atoms with E-state index in [2.05, 4.69) is 17.2 Å². The molecule has 6 heteroatoms. The maximum Gasteiger partial charge on any atom is 0.317 e. The number of hydrogen-bond donors (Lipinski definition) is 3. The SMILES string of the molecule is C=CCC(C)NC(=O)NC1CC(N(CC)CC(=O)O)C1. The molecule has 6 nitrogen and oxygen atoms in total. The van der Waals surface area contributed by atoms with Gasteiger partial charge in [0.25, 0.3) is 0 Å². The molecule has 0 aliphatic heterocycles. The van der Waals surface area contributed by atoms with Crippen molar-refractivity contribution in [3.63, 3.8) is 0 Å². The largest absolute Gasteiger partial charge is 0.480 e. The summed E-state index contributed by atoms with van der Waals surface area (Å²) in [6.07, 6.45) is 4.13. The van der Waals surface area contributed by atoms with Crippen LogP contribution in [0.25, 0.3) is 0 Å². The van der Waals surface area contributed by atoms with Gasteiger partial charge in [0.15, 0.2) is 0 Å². The summed E-state index contributed by atoms with van der Waals surface area (Å²) in [4.78, 5) is 24.3. The number of likely N-dealkylation sites (N-methyl/N-ethyl adjacent to an activating group) is 1. The van der Waals surface area contributed by atoms with Gasteiger partial charge in [-0.25, -0.2) is 4.79 Å². The van der Waals surface area contributed by atoms with Gasteiger partial charge in [0.1, 0.15) is 0 Å². The van der Waals surface area contributed by atoms with Crippen molar-refractivity contribution in [3.8, 4) is 0 Å². The highest BCUT2D eigenvalue weighted by Crippen LogP contribution is 2.25. The molecular formula is C14H25N3O3. The van der Waals surface area contributed by atoms with Crippen LogP contribution >= 0.6 is 0 Å². The van der Waals surface area contributed by atoms with Crippen LogP contribution in [0.4, 0.5) is 4.79 Å². The Balaban J connectivity index is 2.25. The number of hydrogen-bond acceptors (Lipinski definition) is 3. The Kier molecular flexibility index (Phi) is 6.51. The normalized spacial score (nSPS) is 22.8. The zero-order chi connectivity index (χ0) is 15.1. The second-order valence-electron chi connectivity index (χ2n) is 5.32. The van der Waals surface area contributed by atoms with E-state index in [9.17, 15) is 9.59 Å². The number of carboxylic acids is 1. The van der Waals surface area contributed by atoms with Crippen LogP contribution in [0.15, 0.2) is 12.7 Å². The molecule has 0 aromatic rings. The van der Waals surface area contributed by atoms with Crippen LogP contribution in [0.5, 0.6) is 0 Å². The first-order valence-electron chi connectivity index (χ1n) is 7.10. The lowest BCUT2D eigenvalue weighted by molar-refractivity contribution is -0.139. The monoisotopic (exact) mass is 283 g/mol. The summed E-state index contributed by atoms with van der Waals surface area (Å²) in [5.74, 6) is -0.806. The fourth-order valence-electron chi connectivity index (χ4n) is 2.44. The van der Waals surface area contributed by atoms with Crippen molar-refractivity contribution in [2.75, 3.05) is 13.1 Å². The highest BCUT2D eigenvalue weighted by atomic mass is 16.4. The van der Waals surface area contributed by atoms with E-state index in [0.29, 0.717) is 6.54 Å². The number of rotatable bonds is 8. The van der Waals surface area contributed by atoms with Gasteiger partial charge in [0, 0.05) is 18.1 Å². The number of urea groups is 1. The molecule has 1 saturated carbocycles. The molecule has 0 bridgehead atoms. The molecule has 1 unspecified atom stereocenters. The molecule has 0 radical (unpaired) electrons. The molecule has 0 saturated heterocycles. The third-order valence-corrected chi connectivity index (χ3v) is 3.61. The molecule has 0 aromatic carbocycles. The predicted molar refractivity (Wildman–Crippen MR) is 77.6 cm³/mol. The molecule has 3 N–H and O–H groups in total. The molecule has 1 aliphatic carbocycles. The number of nitrogens with zero attached hydrogens (tertiary/aromatic N) is 1. The summed E-state index contributed by atoms with van der Waals surface area (Å²) in [5.41, 5.74) is 0. The molecular weight excluding hydrogens is 258 g/mol. The number of nitrogens with one attached hydrogen (secondary N) is 2. The molecule has 114 valence electrons. The van der Waals surface area contributed by atoms with Gasteiger partial charge in [0.2, 0.25) is 0 Å². The van der Waals surface area contributed by atoms with Gasteiger partial charge in [-0.15, -0.1) is 6.58 Å². The van der Waals surface area contributed by atoms with E-state index in [0.717, 1.165) is 19.3 Å². The molecule has 2 amide bonds. The van der Waals surface area contributed by atoms with Gasteiger partial charge in [-0.05, 0) is 32.7 Å². The first kappa shape index (κ1) is 16.5. The van der Waals surface area contributed by atoms with Crippen molar-refractivity contribution in [2.45, 2.75) is 51.2 Å². The zero-order valence-corrected chi connectivity index (χ0v) is 12.3. The van der Waals surface area contributed by atoms with Crippen LogP contribution in [0.2, 0.25) is 0 Å². The Labute approximate surface area is 120 Å². The van der Waals surface area contributed by atoms with Crippen molar-refractivity contribution in [1.29, 1.82) is 0 Å². The average molecular weight is 283 g/mol. The van der Waals surface area contributed by atoms with Gasteiger partial charge in [0.05, 0.1) is 6.54 Å². The first-order chi connectivity index (χ1) is 9.46. The summed E-state index contributed by atoms with van der Waals surface area (Å²) in [6, 6.07) is 0.303. The van der Waals surface area contributed by atoms with E-state index in [4.69, 9.17) is 5.11 Å². The summed E-state index contributed by atoms with van der Waals surface area (Å²) >= 11 is 0. The Hall–Kier alpha value is -1.56. The molecule has 0 heterocycles. The van der Waals surface area contributed by atoms with Gasteiger partial charge in [-0.2, -0.15) is 0 Å². The molecule has 0 spiro atoms. The van der Waals surface area contributed by atoms with E-state index in [-0.39, 0.29) is 30.7 Å². The standard InChI is InChI=1S/C14H25N3O3/c1-4-6-10(3)15-14(20)16-11-7-12(8-11)17(5-2)9-13(18)19/h4,10-12H,1,5-9H2,2-3H3,(H,18,19)(H2,15,16,20). The third kappa shape index (κ3) is 5.21. The molecule has 1 aliphatic rings. The highest BCUT2D eigenvalue weighted by Gasteiger charge is 2.34. The summed E-state index contributed by atoms with van der Waals surface area (Å²) in [5, 5.41) is 14.6. The average Bonchev–Trinajstić information content (AvgIpc) is 2.30. The summed E-state index contributed by atoms with van der Waals surface area (Å²) in [7, 11) is 0. The second-order valence-corrected chi connectivity index (χ2v) is 5.32. The van der Waals surface area contributed by atoms with E-state index in [1.165, 1.54) is 0 Å². The minimum Gasteiger partial charge on any atom is -0.480 e.